The first-order chi connectivity index (χ1) is 6.70. The van der Waals surface area contributed by atoms with Crippen molar-refractivity contribution in [2.24, 2.45) is 0 Å². The van der Waals surface area contributed by atoms with Crippen molar-refractivity contribution in [1.82, 2.24) is 9.97 Å². The van der Waals surface area contributed by atoms with Crippen LogP contribution in [0.5, 0.6) is 0 Å². The van der Waals surface area contributed by atoms with Crippen molar-refractivity contribution in [1.29, 1.82) is 0 Å². The fourth-order valence-electron chi connectivity index (χ4n) is 0.984. The Bertz CT molecular complexity index is 456. The monoisotopic (exact) mass is 333 g/mol. The number of nitrogen functional groups attached to an aromatic ring is 1. The number of halogens is 2. The van der Waals surface area contributed by atoms with E-state index in [1.54, 1.807) is 17.9 Å². The van der Waals surface area contributed by atoms with E-state index in [0.717, 1.165) is 19.5 Å². The maximum atomic E-state index is 5.84. The Balaban J connectivity index is 2.61. The van der Waals surface area contributed by atoms with E-state index in [-0.39, 0.29) is 0 Å². The van der Waals surface area contributed by atoms with E-state index in [0.29, 0.717) is 5.69 Å². The van der Waals surface area contributed by atoms with Crippen LogP contribution in [0.1, 0.15) is 0 Å². The first kappa shape index (κ1) is 10.1. The van der Waals surface area contributed by atoms with E-state index >= 15 is 0 Å². The molecule has 0 bridgehead atoms. The van der Waals surface area contributed by atoms with E-state index in [9.17, 15) is 0 Å². The molecule has 0 aliphatic carbocycles. The average Bonchev–Trinajstić information content (AvgIpc) is 2.67. The molecule has 2 rings (SSSR count). The van der Waals surface area contributed by atoms with E-state index in [4.69, 9.17) is 5.73 Å². The van der Waals surface area contributed by atoms with Gasteiger partial charge in [-0.05, 0) is 31.9 Å². The lowest BCUT2D eigenvalue weighted by Gasteiger charge is -2.04. The van der Waals surface area contributed by atoms with Gasteiger partial charge in [-0.3, -0.25) is 9.97 Å². The lowest BCUT2D eigenvalue weighted by Crippen LogP contribution is -1.92. The quantitative estimate of drug-likeness (QED) is 0.870. The van der Waals surface area contributed by atoms with Crippen molar-refractivity contribution in [3.63, 3.8) is 0 Å². The van der Waals surface area contributed by atoms with Crippen LogP contribution in [0.25, 0.3) is 10.6 Å². The minimum absolute atomic E-state index is 0.656. The summed E-state index contributed by atoms with van der Waals surface area (Å²) in [6.45, 7) is 0. The van der Waals surface area contributed by atoms with Crippen molar-refractivity contribution in [3.05, 3.63) is 26.8 Å². The molecule has 0 saturated carbocycles. The van der Waals surface area contributed by atoms with Gasteiger partial charge >= 0.3 is 0 Å². The molecule has 2 aromatic heterocycles. The molecule has 0 amide bonds. The summed E-state index contributed by atoms with van der Waals surface area (Å²) in [5.74, 6) is 0. The molecule has 0 saturated heterocycles. The van der Waals surface area contributed by atoms with Gasteiger partial charge in [0.05, 0.1) is 30.7 Å². The van der Waals surface area contributed by atoms with Crippen LogP contribution in [0.15, 0.2) is 26.8 Å². The predicted octanol–water partition coefficient (Wildman–Crippen LogP) is 3.31. The van der Waals surface area contributed by atoms with Gasteiger partial charge in [0.25, 0.3) is 0 Å². The molecule has 0 unspecified atom stereocenters. The molecule has 6 heteroatoms. The zero-order chi connectivity index (χ0) is 10.1. The number of nitrogens with two attached hydrogens (primary N) is 1. The molecule has 72 valence electrons. The second kappa shape index (κ2) is 3.96. The van der Waals surface area contributed by atoms with Gasteiger partial charge in [0.1, 0.15) is 0 Å². The van der Waals surface area contributed by atoms with Crippen molar-refractivity contribution in [2.45, 2.75) is 0 Å². The van der Waals surface area contributed by atoms with Crippen LogP contribution < -0.4 is 5.73 Å². The van der Waals surface area contributed by atoms with Crippen LogP contribution in [-0.2, 0) is 0 Å². The topological polar surface area (TPSA) is 51.8 Å². The van der Waals surface area contributed by atoms with Gasteiger partial charge in [-0.25, -0.2) is 0 Å². The first-order valence-electron chi connectivity index (χ1n) is 3.68. The van der Waals surface area contributed by atoms with Gasteiger partial charge in [-0.2, -0.15) is 0 Å². The van der Waals surface area contributed by atoms with Crippen molar-refractivity contribution >= 4 is 48.9 Å². The lowest BCUT2D eigenvalue weighted by atomic mass is 10.3. The summed E-state index contributed by atoms with van der Waals surface area (Å²) < 4.78 is 1.59. The fraction of sp³-hybridized carbons (Fsp3) is 0. The first-order valence-corrected chi connectivity index (χ1v) is 6.15. The highest BCUT2D eigenvalue weighted by Crippen LogP contribution is 2.36. The highest BCUT2D eigenvalue weighted by molar-refractivity contribution is 9.11. The molecular weight excluding hydrogens is 330 g/mol. The number of nitrogens with zero attached hydrogens (tertiary/aromatic N) is 2. The summed E-state index contributed by atoms with van der Waals surface area (Å²) in [7, 11) is 0. The minimum Gasteiger partial charge on any atom is -0.397 e. The highest BCUT2D eigenvalue weighted by Gasteiger charge is 2.11. The van der Waals surface area contributed by atoms with Crippen LogP contribution in [0.4, 0.5) is 5.69 Å². The van der Waals surface area contributed by atoms with Crippen LogP contribution in [0.3, 0.4) is 0 Å². The fourth-order valence-corrected chi connectivity index (χ4v) is 2.84. The molecule has 0 aromatic carbocycles. The molecule has 3 nitrogen and oxygen atoms in total. The molecule has 0 aliphatic heterocycles. The molecule has 0 fully saturated rings. The summed E-state index contributed by atoms with van der Waals surface area (Å²) in [5.41, 5.74) is 9.09. The van der Waals surface area contributed by atoms with Crippen LogP contribution in [0.2, 0.25) is 0 Å². The van der Waals surface area contributed by atoms with Crippen molar-refractivity contribution < 1.29 is 0 Å². The molecule has 0 aliphatic rings. The smallest absolute Gasteiger partial charge is 0.0981 e. The van der Waals surface area contributed by atoms with Crippen molar-refractivity contribution in [3.8, 4) is 10.6 Å². The van der Waals surface area contributed by atoms with Gasteiger partial charge in [-0.15, -0.1) is 11.3 Å². The normalized spacial score (nSPS) is 10.4. The molecule has 0 radical (unpaired) electrons. The van der Waals surface area contributed by atoms with E-state index in [2.05, 4.69) is 41.8 Å². The SMILES string of the molecule is Nc1c(Br)cnc(-c2cncs2)c1Br. The van der Waals surface area contributed by atoms with E-state index < -0.39 is 0 Å². The molecule has 2 heterocycles. The Morgan fingerprint density at radius 3 is 2.71 bits per heavy atom. The van der Waals surface area contributed by atoms with E-state index in [1.165, 1.54) is 11.3 Å². The molecule has 14 heavy (non-hydrogen) atoms. The second-order valence-electron chi connectivity index (χ2n) is 2.55. The summed E-state index contributed by atoms with van der Waals surface area (Å²) in [6, 6.07) is 0. The summed E-state index contributed by atoms with van der Waals surface area (Å²) in [6.07, 6.45) is 3.46. The highest BCUT2D eigenvalue weighted by atomic mass is 79.9. The number of aromatic nitrogens is 2. The largest absolute Gasteiger partial charge is 0.397 e. The summed E-state index contributed by atoms with van der Waals surface area (Å²) in [5, 5.41) is 0. The van der Waals surface area contributed by atoms with Gasteiger partial charge in [0.15, 0.2) is 0 Å². The Labute approximate surface area is 102 Å². The number of hydrogen-bond donors (Lipinski definition) is 1. The Kier molecular flexibility index (Phi) is 2.85. The number of pyridine rings is 1. The van der Waals surface area contributed by atoms with Crippen LogP contribution in [0, 0.1) is 0 Å². The van der Waals surface area contributed by atoms with Gasteiger partial charge in [0.2, 0.25) is 0 Å². The summed E-state index contributed by atoms with van der Waals surface area (Å²) in [4.78, 5) is 9.27. The Hall–Kier alpha value is -0.460. The Morgan fingerprint density at radius 1 is 1.29 bits per heavy atom. The van der Waals surface area contributed by atoms with Crippen LogP contribution in [-0.4, -0.2) is 9.97 Å². The number of thiazole rings is 1. The standard InChI is InChI=1S/C8H5Br2N3S/c9-4-1-13-8(6(10)7(4)11)5-2-12-3-14-5/h1-3H,(H2,11,13). The maximum absolute atomic E-state index is 5.84. The second-order valence-corrected chi connectivity index (χ2v) is 5.08. The zero-order valence-electron chi connectivity index (χ0n) is 6.87. The van der Waals surface area contributed by atoms with Crippen molar-refractivity contribution in [2.75, 3.05) is 5.73 Å². The van der Waals surface area contributed by atoms with Gasteiger partial charge in [0, 0.05) is 12.4 Å². The third-order valence-electron chi connectivity index (χ3n) is 1.67. The average molecular weight is 335 g/mol. The predicted molar refractivity (Wildman–Crippen MR) is 65.2 cm³/mol. The zero-order valence-corrected chi connectivity index (χ0v) is 10.9. The summed E-state index contributed by atoms with van der Waals surface area (Å²) >= 11 is 8.26. The third kappa shape index (κ3) is 1.69. The van der Waals surface area contributed by atoms with E-state index in [1.807, 2.05) is 0 Å². The molecule has 2 N–H and O–H groups in total. The maximum Gasteiger partial charge on any atom is 0.0981 e. The van der Waals surface area contributed by atoms with Gasteiger partial charge < -0.3 is 5.73 Å². The molecule has 2 aromatic rings. The molecule has 0 atom stereocenters. The molecular formula is C8H5Br2N3S. The minimum atomic E-state index is 0.656. The van der Waals surface area contributed by atoms with Gasteiger partial charge in [-0.1, -0.05) is 0 Å². The number of rotatable bonds is 1. The van der Waals surface area contributed by atoms with Crippen LogP contribution >= 0.6 is 43.2 Å². The third-order valence-corrected chi connectivity index (χ3v) is 3.89. The number of anilines is 1. The number of hydrogen-bond acceptors (Lipinski definition) is 4. The molecule has 0 spiro atoms. The lowest BCUT2D eigenvalue weighted by molar-refractivity contribution is 1.30. The Morgan fingerprint density at radius 2 is 2.07 bits per heavy atom.